The van der Waals surface area contributed by atoms with Gasteiger partial charge in [0.1, 0.15) is 0 Å². The van der Waals surface area contributed by atoms with E-state index < -0.39 is 0 Å². The molecule has 1 aliphatic carbocycles. The van der Waals surface area contributed by atoms with Crippen LogP contribution in [0.15, 0.2) is 45.5 Å². The van der Waals surface area contributed by atoms with Crippen molar-refractivity contribution in [2.75, 3.05) is 0 Å². The normalized spacial score (nSPS) is 26.5. The van der Waals surface area contributed by atoms with E-state index in [4.69, 9.17) is 11.5 Å². The van der Waals surface area contributed by atoms with Crippen molar-refractivity contribution >= 4 is 11.8 Å². The summed E-state index contributed by atoms with van der Waals surface area (Å²) in [7, 11) is 0. The Balaban J connectivity index is 2.33. The zero-order chi connectivity index (χ0) is 10.1. The maximum Gasteiger partial charge on any atom is 0.0739 e. The Hall–Kier alpha value is -1.09. The van der Waals surface area contributed by atoms with Gasteiger partial charge >= 0.3 is 0 Å². The number of rotatable bonds is 1. The Bertz CT molecular complexity index is 375. The number of thioether (sulfide) groups is 1. The van der Waals surface area contributed by atoms with Crippen LogP contribution in [-0.4, -0.2) is 0 Å². The van der Waals surface area contributed by atoms with Crippen LogP contribution < -0.4 is 11.5 Å². The molecule has 1 unspecified atom stereocenters. The Morgan fingerprint density at radius 2 is 2.21 bits per heavy atom. The van der Waals surface area contributed by atoms with Gasteiger partial charge in [-0.15, -0.1) is 0 Å². The molecule has 2 aliphatic rings. The first-order valence-corrected chi connectivity index (χ1v) is 5.50. The molecule has 0 aromatic heterocycles. The molecular formula is C11H14N2S. The predicted molar refractivity (Wildman–Crippen MR) is 62.1 cm³/mol. The SMILES string of the molecule is C/C=C\C1=C(N)SC2=CC=C(N)CC21. The molecule has 4 N–H and O–H groups in total. The lowest BCUT2D eigenvalue weighted by Crippen LogP contribution is -2.11. The molecule has 1 aliphatic heterocycles. The van der Waals surface area contributed by atoms with Gasteiger partial charge < -0.3 is 11.5 Å². The fourth-order valence-electron chi connectivity index (χ4n) is 1.81. The third-order valence-corrected chi connectivity index (χ3v) is 3.59. The summed E-state index contributed by atoms with van der Waals surface area (Å²) in [5.41, 5.74) is 13.9. The molecule has 0 fully saturated rings. The minimum Gasteiger partial charge on any atom is -0.402 e. The van der Waals surface area contributed by atoms with E-state index in [9.17, 15) is 0 Å². The summed E-state index contributed by atoms with van der Waals surface area (Å²) in [6.07, 6.45) is 9.08. The van der Waals surface area contributed by atoms with Gasteiger partial charge in [-0.2, -0.15) is 0 Å². The van der Waals surface area contributed by atoms with Crippen LogP contribution in [0.3, 0.4) is 0 Å². The van der Waals surface area contributed by atoms with Gasteiger partial charge in [-0.1, -0.05) is 23.9 Å². The highest BCUT2D eigenvalue weighted by Crippen LogP contribution is 2.47. The van der Waals surface area contributed by atoms with Crippen molar-refractivity contribution in [3.63, 3.8) is 0 Å². The standard InChI is InChI=1S/C11H14N2S/c1-2-3-8-9-6-7(12)4-5-10(9)14-11(8)13/h2-5,9H,6,12-13H2,1H3/b3-2-. The molecule has 0 spiro atoms. The largest absolute Gasteiger partial charge is 0.402 e. The Labute approximate surface area is 88.4 Å². The van der Waals surface area contributed by atoms with Crippen LogP contribution in [0, 0.1) is 5.92 Å². The van der Waals surface area contributed by atoms with Crippen LogP contribution in [0.4, 0.5) is 0 Å². The Morgan fingerprint density at radius 1 is 1.43 bits per heavy atom. The molecule has 1 atom stereocenters. The van der Waals surface area contributed by atoms with Gasteiger partial charge in [-0.05, 0) is 36.0 Å². The first-order chi connectivity index (χ1) is 6.72. The maximum atomic E-state index is 5.96. The van der Waals surface area contributed by atoms with Crippen molar-refractivity contribution in [1.29, 1.82) is 0 Å². The molecule has 2 rings (SSSR count). The second-order valence-corrected chi connectivity index (χ2v) is 4.60. The molecule has 0 amide bonds. The van der Waals surface area contributed by atoms with Crippen molar-refractivity contribution in [3.05, 3.63) is 45.5 Å². The van der Waals surface area contributed by atoms with Crippen molar-refractivity contribution in [2.45, 2.75) is 13.3 Å². The summed E-state index contributed by atoms with van der Waals surface area (Å²) >= 11 is 1.67. The molecule has 0 bridgehead atoms. The molecule has 74 valence electrons. The minimum atomic E-state index is 0.404. The smallest absolute Gasteiger partial charge is 0.0739 e. The summed E-state index contributed by atoms with van der Waals surface area (Å²) in [6, 6.07) is 0. The molecular weight excluding hydrogens is 192 g/mol. The van der Waals surface area contributed by atoms with E-state index in [-0.39, 0.29) is 0 Å². The zero-order valence-electron chi connectivity index (χ0n) is 8.16. The average Bonchev–Trinajstić information content (AvgIpc) is 2.45. The van der Waals surface area contributed by atoms with E-state index in [0.717, 1.165) is 17.1 Å². The van der Waals surface area contributed by atoms with Gasteiger partial charge in [-0.25, -0.2) is 0 Å². The van der Waals surface area contributed by atoms with E-state index in [0.29, 0.717) is 5.92 Å². The van der Waals surface area contributed by atoms with E-state index in [1.807, 2.05) is 19.1 Å². The number of hydrogen-bond acceptors (Lipinski definition) is 3. The minimum absolute atomic E-state index is 0.404. The molecule has 0 aromatic rings. The summed E-state index contributed by atoms with van der Waals surface area (Å²) < 4.78 is 0. The highest BCUT2D eigenvalue weighted by atomic mass is 32.2. The quantitative estimate of drug-likeness (QED) is 0.691. The van der Waals surface area contributed by atoms with E-state index in [2.05, 4.69) is 12.2 Å². The summed E-state index contributed by atoms with van der Waals surface area (Å²) in [6.45, 7) is 2.01. The van der Waals surface area contributed by atoms with Gasteiger partial charge in [0.25, 0.3) is 0 Å². The van der Waals surface area contributed by atoms with E-state index in [1.165, 1.54) is 10.5 Å². The Kier molecular flexibility index (Phi) is 2.42. The monoisotopic (exact) mass is 206 g/mol. The predicted octanol–water partition coefficient (Wildman–Crippen LogP) is 2.23. The molecule has 0 radical (unpaired) electrons. The highest BCUT2D eigenvalue weighted by molar-refractivity contribution is 8.07. The lowest BCUT2D eigenvalue weighted by molar-refractivity contribution is 0.739. The second-order valence-electron chi connectivity index (χ2n) is 3.49. The van der Waals surface area contributed by atoms with Crippen LogP contribution in [0.25, 0.3) is 0 Å². The van der Waals surface area contributed by atoms with Crippen LogP contribution in [0.2, 0.25) is 0 Å². The number of fused-ring (bicyclic) bond motifs is 1. The van der Waals surface area contributed by atoms with Crippen LogP contribution in [0.5, 0.6) is 0 Å². The molecule has 14 heavy (non-hydrogen) atoms. The molecule has 1 heterocycles. The maximum absolute atomic E-state index is 5.96. The third-order valence-electron chi connectivity index (χ3n) is 2.48. The molecule has 0 saturated heterocycles. The summed E-state index contributed by atoms with van der Waals surface area (Å²) in [5.74, 6) is 0.404. The third kappa shape index (κ3) is 1.48. The van der Waals surface area contributed by atoms with Crippen molar-refractivity contribution < 1.29 is 0 Å². The summed E-state index contributed by atoms with van der Waals surface area (Å²) in [4.78, 5) is 1.32. The van der Waals surface area contributed by atoms with Crippen molar-refractivity contribution in [2.24, 2.45) is 17.4 Å². The lowest BCUT2D eigenvalue weighted by Gasteiger charge is -2.17. The molecule has 0 aromatic carbocycles. The Morgan fingerprint density at radius 3 is 2.93 bits per heavy atom. The van der Waals surface area contributed by atoms with Crippen molar-refractivity contribution in [1.82, 2.24) is 0 Å². The highest BCUT2D eigenvalue weighted by Gasteiger charge is 2.29. The van der Waals surface area contributed by atoms with Gasteiger partial charge in [0, 0.05) is 11.6 Å². The second kappa shape index (κ2) is 3.58. The molecule has 0 saturated carbocycles. The number of nitrogens with two attached hydrogens (primary N) is 2. The zero-order valence-corrected chi connectivity index (χ0v) is 8.97. The van der Waals surface area contributed by atoms with Crippen LogP contribution in [0.1, 0.15) is 13.3 Å². The molecule has 3 heteroatoms. The van der Waals surface area contributed by atoms with Gasteiger partial charge in [-0.3, -0.25) is 0 Å². The van der Waals surface area contributed by atoms with Gasteiger partial charge in [0.2, 0.25) is 0 Å². The molecule has 2 nitrogen and oxygen atoms in total. The van der Waals surface area contributed by atoms with Gasteiger partial charge in [0.05, 0.1) is 5.03 Å². The van der Waals surface area contributed by atoms with Crippen molar-refractivity contribution in [3.8, 4) is 0 Å². The van der Waals surface area contributed by atoms with Crippen LogP contribution in [-0.2, 0) is 0 Å². The first kappa shape index (κ1) is 9.46. The number of allylic oxidation sites excluding steroid dienone is 7. The fraction of sp³-hybridized carbons (Fsp3) is 0.273. The average molecular weight is 206 g/mol. The topological polar surface area (TPSA) is 52.0 Å². The van der Waals surface area contributed by atoms with Gasteiger partial charge in [0.15, 0.2) is 0 Å². The van der Waals surface area contributed by atoms with E-state index in [1.54, 1.807) is 11.8 Å². The summed E-state index contributed by atoms with van der Waals surface area (Å²) in [5, 5.41) is 0.919. The first-order valence-electron chi connectivity index (χ1n) is 4.68. The van der Waals surface area contributed by atoms with E-state index >= 15 is 0 Å². The lowest BCUT2D eigenvalue weighted by atomic mass is 9.91. The fourth-order valence-corrected chi connectivity index (χ4v) is 2.88. The van der Waals surface area contributed by atoms with Crippen LogP contribution >= 0.6 is 11.8 Å². The number of hydrogen-bond donors (Lipinski definition) is 2.